The van der Waals surface area contributed by atoms with E-state index in [0.29, 0.717) is 6.54 Å². The molecule has 0 heterocycles. The number of halogens is 2. The molecule has 0 aromatic heterocycles. The smallest absolute Gasteiger partial charge is 0.269 e. The first-order valence-corrected chi connectivity index (χ1v) is 6.33. The number of alkyl halides is 2. The molecule has 21 heavy (non-hydrogen) atoms. The predicted octanol–water partition coefficient (Wildman–Crippen LogP) is 4.45. The quantitative estimate of drug-likeness (QED) is 0.654. The number of anilines is 1. The van der Waals surface area contributed by atoms with Gasteiger partial charge >= 0.3 is 0 Å². The minimum absolute atomic E-state index is 0.00901. The van der Waals surface area contributed by atoms with Crippen molar-refractivity contribution in [1.29, 1.82) is 0 Å². The minimum atomic E-state index is -2.47. The number of aryl methyl sites for hydroxylation is 1. The Kier molecular flexibility index (Phi) is 4.47. The second-order valence-electron chi connectivity index (χ2n) is 4.65. The number of rotatable bonds is 5. The predicted molar refractivity (Wildman–Crippen MR) is 76.6 cm³/mol. The summed E-state index contributed by atoms with van der Waals surface area (Å²) in [4.78, 5) is 10.2. The van der Waals surface area contributed by atoms with Crippen LogP contribution in [0.5, 0.6) is 0 Å². The molecule has 0 saturated heterocycles. The van der Waals surface area contributed by atoms with Crippen LogP contribution >= 0.6 is 0 Å². The molecular weight excluding hydrogens is 278 g/mol. The van der Waals surface area contributed by atoms with Crippen molar-refractivity contribution in [3.63, 3.8) is 0 Å². The third kappa shape index (κ3) is 3.75. The van der Waals surface area contributed by atoms with E-state index in [0.717, 1.165) is 16.8 Å². The van der Waals surface area contributed by atoms with Gasteiger partial charge in [0.1, 0.15) is 0 Å². The Morgan fingerprint density at radius 1 is 1.19 bits per heavy atom. The van der Waals surface area contributed by atoms with Gasteiger partial charge in [-0.2, -0.15) is 0 Å². The van der Waals surface area contributed by atoms with Crippen LogP contribution in [0.1, 0.15) is 23.1 Å². The van der Waals surface area contributed by atoms with E-state index in [4.69, 9.17) is 0 Å². The van der Waals surface area contributed by atoms with E-state index in [1.165, 1.54) is 24.3 Å². The summed E-state index contributed by atoms with van der Waals surface area (Å²) in [6, 6.07) is 10.6. The van der Waals surface area contributed by atoms with E-state index in [-0.39, 0.29) is 11.3 Å². The van der Waals surface area contributed by atoms with Crippen LogP contribution in [0, 0.1) is 17.0 Å². The summed E-state index contributed by atoms with van der Waals surface area (Å²) >= 11 is 0. The van der Waals surface area contributed by atoms with E-state index in [9.17, 15) is 18.9 Å². The lowest BCUT2D eigenvalue weighted by atomic mass is 10.1. The maximum absolute atomic E-state index is 12.4. The van der Waals surface area contributed by atoms with Gasteiger partial charge in [0.15, 0.2) is 0 Å². The van der Waals surface area contributed by atoms with Crippen molar-refractivity contribution in [2.45, 2.75) is 19.9 Å². The van der Waals surface area contributed by atoms with Crippen molar-refractivity contribution in [2.24, 2.45) is 0 Å². The molecule has 2 aromatic rings. The van der Waals surface area contributed by atoms with Crippen molar-refractivity contribution in [3.8, 4) is 0 Å². The summed E-state index contributed by atoms with van der Waals surface area (Å²) in [6.07, 6.45) is -2.47. The van der Waals surface area contributed by atoms with Gasteiger partial charge in [-0.3, -0.25) is 10.1 Å². The maximum Gasteiger partial charge on any atom is 0.269 e. The molecule has 2 rings (SSSR count). The Morgan fingerprint density at radius 2 is 1.86 bits per heavy atom. The van der Waals surface area contributed by atoms with Crippen LogP contribution in [0.3, 0.4) is 0 Å². The van der Waals surface area contributed by atoms with Gasteiger partial charge in [-0.05, 0) is 24.1 Å². The lowest BCUT2D eigenvalue weighted by Gasteiger charge is -2.10. The Hall–Kier alpha value is -2.50. The summed E-state index contributed by atoms with van der Waals surface area (Å²) in [5.74, 6) is 0. The molecular formula is C15H14F2N2O2. The minimum Gasteiger partial charge on any atom is -0.381 e. The van der Waals surface area contributed by atoms with Crippen molar-refractivity contribution in [3.05, 3.63) is 69.3 Å². The zero-order valence-corrected chi connectivity index (χ0v) is 11.3. The molecule has 6 heteroatoms. The molecule has 0 aliphatic rings. The van der Waals surface area contributed by atoms with E-state index >= 15 is 0 Å². The molecule has 0 aliphatic carbocycles. The zero-order valence-electron chi connectivity index (χ0n) is 11.3. The van der Waals surface area contributed by atoms with E-state index < -0.39 is 11.3 Å². The average Bonchev–Trinajstić information content (AvgIpc) is 2.46. The van der Waals surface area contributed by atoms with Gasteiger partial charge in [0.05, 0.1) is 4.92 Å². The largest absolute Gasteiger partial charge is 0.381 e. The lowest BCUT2D eigenvalue weighted by Crippen LogP contribution is -2.01. The number of hydrogen-bond donors (Lipinski definition) is 1. The van der Waals surface area contributed by atoms with Crippen LogP contribution in [-0.4, -0.2) is 4.92 Å². The molecule has 0 spiro atoms. The molecule has 0 amide bonds. The van der Waals surface area contributed by atoms with Crippen LogP contribution in [-0.2, 0) is 6.54 Å². The van der Waals surface area contributed by atoms with E-state index in [2.05, 4.69) is 5.32 Å². The molecule has 2 aromatic carbocycles. The van der Waals surface area contributed by atoms with Crippen LogP contribution in [0.25, 0.3) is 0 Å². The molecule has 1 N–H and O–H groups in total. The van der Waals surface area contributed by atoms with Gasteiger partial charge in [-0.1, -0.05) is 24.3 Å². The monoisotopic (exact) mass is 292 g/mol. The highest BCUT2D eigenvalue weighted by Gasteiger charge is 2.08. The maximum atomic E-state index is 12.4. The third-order valence-corrected chi connectivity index (χ3v) is 3.14. The second kappa shape index (κ2) is 6.30. The first kappa shape index (κ1) is 14.9. The van der Waals surface area contributed by atoms with Crippen LogP contribution in [0.2, 0.25) is 0 Å². The van der Waals surface area contributed by atoms with Crippen LogP contribution in [0.4, 0.5) is 20.2 Å². The highest BCUT2D eigenvalue weighted by molar-refractivity contribution is 5.55. The summed E-state index contributed by atoms with van der Waals surface area (Å²) < 4.78 is 24.9. The summed E-state index contributed by atoms with van der Waals surface area (Å²) in [5.41, 5.74) is 2.42. The lowest BCUT2D eigenvalue weighted by molar-refractivity contribution is -0.384. The van der Waals surface area contributed by atoms with Crippen molar-refractivity contribution < 1.29 is 13.7 Å². The second-order valence-corrected chi connectivity index (χ2v) is 4.65. The van der Waals surface area contributed by atoms with Gasteiger partial charge < -0.3 is 5.32 Å². The number of nitrogens with zero attached hydrogens (tertiary/aromatic N) is 1. The Bertz CT molecular complexity index is 643. The number of benzene rings is 2. The van der Waals surface area contributed by atoms with Crippen molar-refractivity contribution in [2.75, 3.05) is 5.32 Å². The first-order chi connectivity index (χ1) is 9.97. The summed E-state index contributed by atoms with van der Waals surface area (Å²) in [7, 11) is 0. The highest BCUT2D eigenvalue weighted by Crippen LogP contribution is 2.22. The number of hydrogen-bond acceptors (Lipinski definition) is 3. The molecule has 4 nitrogen and oxygen atoms in total. The van der Waals surface area contributed by atoms with Crippen LogP contribution in [0.15, 0.2) is 42.5 Å². The molecule has 0 unspecified atom stereocenters. The van der Waals surface area contributed by atoms with Gasteiger partial charge in [0.2, 0.25) is 0 Å². The molecule has 0 fully saturated rings. The fourth-order valence-electron chi connectivity index (χ4n) is 1.94. The topological polar surface area (TPSA) is 55.2 Å². The van der Waals surface area contributed by atoms with E-state index in [1.54, 1.807) is 25.1 Å². The first-order valence-electron chi connectivity index (χ1n) is 6.33. The van der Waals surface area contributed by atoms with Crippen molar-refractivity contribution in [1.82, 2.24) is 0 Å². The standard InChI is InChI=1S/C15H14F2N2O2/c1-10-8-13(19(20)21)6-7-14(10)18-9-11-2-4-12(5-3-11)15(16)17/h2-8,15,18H,9H2,1H3. The van der Waals surface area contributed by atoms with Crippen LogP contribution < -0.4 is 5.32 Å². The van der Waals surface area contributed by atoms with Gasteiger partial charge in [0, 0.05) is 29.9 Å². The number of nitrogens with one attached hydrogen (secondary N) is 1. The Morgan fingerprint density at radius 3 is 2.38 bits per heavy atom. The summed E-state index contributed by atoms with van der Waals surface area (Å²) in [6.45, 7) is 2.23. The molecule has 0 saturated carbocycles. The van der Waals surface area contributed by atoms with Gasteiger partial charge in [-0.25, -0.2) is 8.78 Å². The normalized spacial score (nSPS) is 10.7. The number of nitro benzene ring substituents is 1. The molecule has 0 radical (unpaired) electrons. The van der Waals surface area contributed by atoms with Gasteiger partial charge in [0.25, 0.3) is 12.1 Å². The van der Waals surface area contributed by atoms with E-state index in [1.807, 2.05) is 0 Å². The third-order valence-electron chi connectivity index (χ3n) is 3.14. The fraction of sp³-hybridized carbons (Fsp3) is 0.200. The average molecular weight is 292 g/mol. The zero-order chi connectivity index (χ0) is 15.4. The highest BCUT2D eigenvalue weighted by atomic mass is 19.3. The Balaban J connectivity index is 2.04. The van der Waals surface area contributed by atoms with Crippen molar-refractivity contribution >= 4 is 11.4 Å². The number of nitro groups is 1. The van der Waals surface area contributed by atoms with Gasteiger partial charge in [-0.15, -0.1) is 0 Å². The fourth-order valence-corrected chi connectivity index (χ4v) is 1.94. The molecule has 110 valence electrons. The molecule has 0 bridgehead atoms. The molecule has 0 atom stereocenters. The SMILES string of the molecule is Cc1cc([N+](=O)[O-])ccc1NCc1ccc(C(F)F)cc1. The molecule has 0 aliphatic heterocycles. The summed E-state index contributed by atoms with van der Waals surface area (Å²) in [5, 5.41) is 13.8. The number of non-ortho nitro benzene ring substituents is 1. The Labute approximate surface area is 120 Å².